The number of hydrogen-bond acceptors (Lipinski definition) is 2. The first-order valence-electron chi connectivity index (χ1n) is 5.13. The number of hydrogen-bond donors (Lipinski definition) is 1. The number of halogens is 1. The van der Waals surface area contributed by atoms with Gasteiger partial charge in [-0.1, -0.05) is 12.1 Å². The van der Waals surface area contributed by atoms with Gasteiger partial charge in [-0.05, 0) is 41.6 Å². The first kappa shape index (κ1) is 11.3. The quantitative estimate of drug-likeness (QED) is 0.865. The molecule has 1 unspecified atom stereocenters. The fourth-order valence-electron chi connectivity index (χ4n) is 1.74. The van der Waals surface area contributed by atoms with Crippen LogP contribution in [0.2, 0.25) is 0 Å². The number of aliphatic hydroxyl groups excluding tert-OH is 1. The van der Waals surface area contributed by atoms with Gasteiger partial charge in [-0.2, -0.15) is 0 Å². The van der Waals surface area contributed by atoms with E-state index in [1.807, 2.05) is 24.4 Å². The molecule has 2 rings (SSSR count). The zero-order valence-corrected chi connectivity index (χ0v) is 9.80. The van der Waals surface area contributed by atoms with E-state index in [0.29, 0.717) is 6.42 Å². The second kappa shape index (κ2) is 4.76. The Labute approximate surface area is 98.2 Å². The Kier molecular flexibility index (Phi) is 3.36. The highest BCUT2D eigenvalue weighted by molar-refractivity contribution is 7.09. The molecule has 0 aliphatic heterocycles. The second-order valence-electron chi connectivity index (χ2n) is 3.80. The van der Waals surface area contributed by atoms with Crippen LogP contribution in [0.4, 0.5) is 4.39 Å². The van der Waals surface area contributed by atoms with Gasteiger partial charge in [0.2, 0.25) is 0 Å². The van der Waals surface area contributed by atoms with Crippen LogP contribution in [0.3, 0.4) is 0 Å². The topological polar surface area (TPSA) is 20.2 Å². The van der Waals surface area contributed by atoms with Gasteiger partial charge in [-0.15, -0.1) is 11.3 Å². The summed E-state index contributed by atoms with van der Waals surface area (Å²) in [6, 6.07) is 8.45. The second-order valence-corrected chi connectivity index (χ2v) is 4.83. The number of thiophene rings is 1. The van der Waals surface area contributed by atoms with Crippen LogP contribution in [0.1, 0.15) is 22.1 Å². The summed E-state index contributed by atoms with van der Waals surface area (Å²) < 4.78 is 12.9. The molecule has 2 aromatic rings. The van der Waals surface area contributed by atoms with Crippen LogP contribution in [-0.4, -0.2) is 5.11 Å². The van der Waals surface area contributed by atoms with Gasteiger partial charge in [-0.25, -0.2) is 4.39 Å². The Hall–Kier alpha value is -1.19. The summed E-state index contributed by atoms with van der Waals surface area (Å²) in [5.41, 5.74) is 1.60. The molecule has 0 saturated heterocycles. The molecule has 1 heterocycles. The normalized spacial score (nSPS) is 12.7. The predicted octanol–water partition coefficient (Wildman–Crippen LogP) is 3.47. The standard InChI is InChI=1S/C13H13FOS/c1-9-7-10(14)4-5-12(9)13(15)8-11-3-2-6-16-11/h2-7,13,15H,8H2,1H3. The van der Waals surface area contributed by atoms with Crippen molar-refractivity contribution in [1.29, 1.82) is 0 Å². The van der Waals surface area contributed by atoms with E-state index in [-0.39, 0.29) is 5.82 Å². The van der Waals surface area contributed by atoms with Crippen molar-refractivity contribution in [3.8, 4) is 0 Å². The molecule has 1 aromatic heterocycles. The molecular formula is C13H13FOS. The maximum atomic E-state index is 12.9. The zero-order chi connectivity index (χ0) is 11.5. The van der Waals surface area contributed by atoms with Gasteiger partial charge in [0, 0.05) is 11.3 Å². The summed E-state index contributed by atoms with van der Waals surface area (Å²) >= 11 is 1.62. The van der Waals surface area contributed by atoms with Gasteiger partial charge < -0.3 is 5.11 Å². The first-order chi connectivity index (χ1) is 7.66. The molecule has 3 heteroatoms. The van der Waals surface area contributed by atoms with Crippen molar-refractivity contribution in [3.05, 3.63) is 57.5 Å². The molecule has 1 atom stereocenters. The van der Waals surface area contributed by atoms with E-state index in [0.717, 1.165) is 16.0 Å². The SMILES string of the molecule is Cc1cc(F)ccc1C(O)Cc1cccs1. The van der Waals surface area contributed by atoms with E-state index in [1.165, 1.54) is 12.1 Å². The molecule has 0 bridgehead atoms. The van der Waals surface area contributed by atoms with Gasteiger partial charge in [0.15, 0.2) is 0 Å². The molecule has 1 nitrogen and oxygen atoms in total. The van der Waals surface area contributed by atoms with Gasteiger partial charge in [0.05, 0.1) is 6.10 Å². The van der Waals surface area contributed by atoms with Crippen molar-refractivity contribution in [3.63, 3.8) is 0 Å². The zero-order valence-electron chi connectivity index (χ0n) is 8.98. The summed E-state index contributed by atoms with van der Waals surface area (Å²) in [5, 5.41) is 12.0. The highest BCUT2D eigenvalue weighted by atomic mass is 32.1. The molecule has 0 spiro atoms. The van der Waals surface area contributed by atoms with Crippen LogP contribution in [0.15, 0.2) is 35.7 Å². The number of benzene rings is 1. The fourth-order valence-corrected chi connectivity index (χ4v) is 2.49. The lowest BCUT2D eigenvalue weighted by Gasteiger charge is -2.12. The van der Waals surface area contributed by atoms with Crippen LogP contribution < -0.4 is 0 Å². The summed E-state index contributed by atoms with van der Waals surface area (Å²) in [7, 11) is 0. The van der Waals surface area contributed by atoms with E-state index in [2.05, 4.69) is 0 Å². The van der Waals surface area contributed by atoms with Crippen molar-refractivity contribution >= 4 is 11.3 Å². The molecule has 1 aromatic carbocycles. The third kappa shape index (κ3) is 2.49. The molecule has 0 aliphatic rings. The van der Waals surface area contributed by atoms with Crippen LogP contribution in [0.5, 0.6) is 0 Å². The average Bonchev–Trinajstić information content (AvgIpc) is 2.70. The van der Waals surface area contributed by atoms with E-state index in [1.54, 1.807) is 17.4 Å². The van der Waals surface area contributed by atoms with Gasteiger partial charge >= 0.3 is 0 Å². The highest BCUT2D eigenvalue weighted by Gasteiger charge is 2.12. The number of aliphatic hydroxyl groups is 1. The lowest BCUT2D eigenvalue weighted by molar-refractivity contribution is 0.178. The van der Waals surface area contributed by atoms with Crippen LogP contribution >= 0.6 is 11.3 Å². The lowest BCUT2D eigenvalue weighted by Crippen LogP contribution is -2.03. The Balaban J connectivity index is 2.17. The number of aryl methyl sites for hydroxylation is 1. The minimum atomic E-state index is -0.556. The maximum absolute atomic E-state index is 12.9. The Morgan fingerprint density at radius 2 is 2.19 bits per heavy atom. The molecule has 84 valence electrons. The largest absolute Gasteiger partial charge is 0.388 e. The Bertz CT molecular complexity index is 465. The van der Waals surface area contributed by atoms with Crippen molar-refractivity contribution in [1.82, 2.24) is 0 Å². The molecule has 0 saturated carbocycles. The molecule has 16 heavy (non-hydrogen) atoms. The summed E-state index contributed by atoms with van der Waals surface area (Å²) in [6.07, 6.45) is 0.0312. The van der Waals surface area contributed by atoms with Crippen LogP contribution in [0.25, 0.3) is 0 Å². The molecular weight excluding hydrogens is 223 g/mol. The molecule has 0 aliphatic carbocycles. The number of rotatable bonds is 3. The fraction of sp³-hybridized carbons (Fsp3) is 0.231. The molecule has 0 radical (unpaired) electrons. The maximum Gasteiger partial charge on any atom is 0.123 e. The first-order valence-corrected chi connectivity index (χ1v) is 6.01. The monoisotopic (exact) mass is 236 g/mol. The van der Waals surface area contributed by atoms with Crippen molar-refractivity contribution in [2.45, 2.75) is 19.4 Å². The van der Waals surface area contributed by atoms with Gasteiger partial charge in [0.25, 0.3) is 0 Å². The predicted molar refractivity (Wildman–Crippen MR) is 64.1 cm³/mol. The average molecular weight is 236 g/mol. The van der Waals surface area contributed by atoms with E-state index < -0.39 is 6.10 Å². The van der Waals surface area contributed by atoms with Crippen LogP contribution in [0, 0.1) is 12.7 Å². The lowest BCUT2D eigenvalue weighted by atomic mass is 10.0. The molecule has 0 amide bonds. The third-order valence-electron chi connectivity index (χ3n) is 2.57. The van der Waals surface area contributed by atoms with Gasteiger partial charge in [0.1, 0.15) is 5.82 Å². The van der Waals surface area contributed by atoms with E-state index >= 15 is 0 Å². The van der Waals surface area contributed by atoms with E-state index in [4.69, 9.17) is 0 Å². The Morgan fingerprint density at radius 3 is 2.81 bits per heavy atom. The van der Waals surface area contributed by atoms with Gasteiger partial charge in [-0.3, -0.25) is 0 Å². The smallest absolute Gasteiger partial charge is 0.123 e. The summed E-state index contributed by atoms with van der Waals surface area (Å²) in [4.78, 5) is 1.14. The minimum Gasteiger partial charge on any atom is -0.388 e. The molecule has 1 N–H and O–H groups in total. The van der Waals surface area contributed by atoms with Crippen molar-refractivity contribution < 1.29 is 9.50 Å². The summed E-state index contributed by atoms with van der Waals surface area (Å²) in [5.74, 6) is -0.260. The van der Waals surface area contributed by atoms with Crippen LogP contribution in [-0.2, 0) is 6.42 Å². The third-order valence-corrected chi connectivity index (χ3v) is 3.46. The molecule has 0 fully saturated rings. The minimum absolute atomic E-state index is 0.260. The Morgan fingerprint density at radius 1 is 1.38 bits per heavy atom. The van der Waals surface area contributed by atoms with Crippen molar-refractivity contribution in [2.75, 3.05) is 0 Å². The van der Waals surface area contributed by atoms with E-state index in [9.17, 15) is 9.50 Å². The van der Waals surface area contributed by atoms with Crippen molar-refractivity contribution in [2.24, 2.45) is 0 Å². The highest BCUT2D eigenvalue weighted by Crippen LogP contribution is 2.24. The summed E-state index contributed by atoms with van der Waals surface area (Å²) in [6.45, 7) is 1.82.